The van der Waals surface area contributed by atoms with Crippen molar-refractivity contribution in [3.63, 3.8) is 0 Å². The largest absolute Gasteiger partial charge is 0.507 e. The zero-order valence-electron chi connectivity index (χ0n) is 12.5. The standard InChI is InChI=1S/C17H18O6/c18-11-7-13(20)12(19)6-10(11)17-16(22)14(21)8-15(23-17)9-4-2-1-3-5-9/h6-9,18-20,22H,1-5H2. The van der Waals surface area contributed by atoms with Crippen molar-refractivity contribution in [2.24, 2.45) is 0 Å². The zero-order valence-corrected chi connectivity index (χ0v) is 12.5. The molecule has 4 N–H and O–H groups in total. The Morgan fingerprint density at radius 3 is 2.22 bits per heavy atom. The van der Waals surface area contributed by atoms with E-state index in [-0.39, 0.29) is 17.2 Å². The van der Waals surface area contributed by atoms with Gasteiger partial charge in [-0.25, -0.2) is 0 Å². The van der Waals surface area contributed by atoms with Crippen LogP contribution in [0.1, 0.15) is 43.8 Å². The van der Waals surface area contributed by atoms with Gasteiger partial charge >= 0.3 is 0 Å². The molecular formula is C17H18O6. The van der Waals surface area contributed by atoms with E-state index >= 15 is 0 Å². The Kier molecular flexibility index (Phi) is 3.90. The van der Waals surface area contributed by atoms with Crippen LogP contribution in [0.15, 0.2) is 27.4 Å². The van der Waals surface area contributed by atoms with Gasteiger partial charge in [0.2, 0.25) is 11.2 Å². The van der Waals surface area contributed by atoms with Crippen LogP contribution >= 0.6 is 0 Å². The van der Waals surface area contributed by atoms with Gasteiger partial charge in [0, 0.05) is 18.1 Å². The van der Waals surface area contributed by atoms with Crippen molar-refractivity contribution in [2.75, 3.05) is 0 Å². The fraction of sp³-hybridized carbons (Fsp3) is 0.353. The Balaban J connectivity index is 2.13. The van der Waals surface area contributed by atoms with E-state index in [2.05, 4.69) is 0 Å². The molecule has 0 atom stereocenters. The Labute approximate surface area is 132 Å². The molecule has 6 nitrogen and oxygen atoms in total. The average Bonchev–Trinajstić information content (AvgIpc) is 2.54. The smallest absolute Gasteiger partial charge is 0.227 e. The second-order valence-electron chi connectivity index (χ2n) is 5.88. The Morgan fingerprint density at radius 2 is 1.52 bits per heavy atom. The molecule has 23 heavy (non-hydrogen) atoms. The molecule has 2 aromatic rings. The molecule has 122 valence electrons. The van der Waals surface area contributed by atoms with E-state index in [0.717, 1.165) is 44.2 Å². The maximum atomic E-state index is 12.0. The van der Waals surface area contributed by atoms with Gasteiger partial charge in [-0.2, -0.15) is 0 Å². The van der Waals surface area contributed by atoms with Crippen molar-refractivity contribution in [2.45, 2.75) is 38.0 Å². The van der Waals surface area contributed by atoms with E-state index in [1.165, 1.54) is 6.07 Å². The first-order chi connectivity index (χ1) is 11.0. The summed E-state index contributed by atoms with van der Waals surface area (Å²) < 4.78 is 5.69. The first kappa shape index (κ1) is 15.3. The summed E-state index contributed by atoms with van der Waals surface area (Å²) in [5, 5.41) is 38.9. The lowest BCUT2D eigenvalue weighted by atomic mass is 9.87. The molecule has 0 amide bonds. The van der Waals surface area contributed by atoms with Gasteiger partial charge in [-0.05, 0) is 18.9 Å². The highest BCUT2D eigenvalue weighted by Crippen LogP contribution is 2.42. The second-order valence-corrected chi connectivity index (χ2v) is 5.88. The van der Waals surface area contributed by atoms with E-state index in [4.69, 9.17) is 4.42 Å². The van der Waals surface area contributed by atoms with Crippen LogP contribution in [-0.4, -0.2) is 20.4 Å². The molecule has 0 spiro atoms. The van der Waals surface area contributed by atoms with Crippen LogP contribution in [0.4, 0.5) is 0 Å². The summed E-state index contributed by atoms with van der Waals surface area (Å²) >= 11 is 0. The third-order valence-electron chi connectivity index (χ3n) is 4.29. The van der Waals surface area contributed by atoms with E-state index in [9.17, 15) is 25.2 Å². The minimum Gasteiger partial charge on any atom is -0.507 e. The lowest BCUT2D eigenvalue weighted by Crippen LogP contribution is -2.09. The van der Waals surface area contributed by atoms with Crippen molar-refractivity contribution in [1.82, 2.24) is 0 Å². The summed E-state index contributed by atoms with van der Waals surface area (Å²) in [6, 6.07) is 3.26. The van der Waals surface area contributed by atoms with Gasteiger partial charge in [0.15, 0.2) is 17.3 Å². The summed E-state index contributed by atoms with van der Waals surface area (Å²) in [4.78, 5) is 12.0. The number of hydrogen-bond acceptors (Lipinski definition) is 6. The highest BCUT2D eigenvalue weighted by Gasteiger charge is 2.23. The normalized spacial score (nSPS) is 15.7. The molecule has 6 heteroatoms. The number of benzene rings is 1. The lowest BCUT2D eigenvalue weighted by molar-refractivity contribution is 0.356. The fourth-order valence-corrected chi connectivity index (χ4v) is 3.02. The van der Waals surface area contributed by atoms with Gasteiger partial charge in [0.05, 0.1) is 5.56 Å². The van der Waals surface area contributed by atoms with Gasteiger partial charge in [-0.3, -0.25) is 4.79 Å². The molecule has 1 aliphatic rings. The maximum Gasteiger partial charge on any atom is 0.227 e. The molecule has 1 heterocycles. The van der Waals surface area contributed by atoms with Crippen LogP contribution in [0.2, 0.25) is 0 Å². The molecule has 1 fully saturated rings. The number of aromatic hydroxyl groups is 4. The van der Waals surface area contributed by atoms with E-state index in [1.807, 2.05) is 0 Å². The molecule has 1 saturated carbocycles. The van der Waals surface area contributed by atoms with Gasteiger partial charge in [0.25, 0.3) is 0 Å². The predicted octanol–water partition coefficient (Wildman–Crippen LogP) is 3.18. The van der Waals surface area contributed by atoms with Crippen LogP contribution in [0, 0.1) is 0 Å². The van der Waals surface area contributed by atoms with Crippen LogP contribution in [0.25, 0.3) is 11.3 Å². The molecule has 0 aliphatic heterocycles. The summed E-state index contributed by atoms with van der Waals surface area (Å²) in [5.41, 5.74) is -0.647. The van der Waals surface area contributed by atoms with Crippen molar-refractivity contribution < 1.29 is 24.8 Å². The monoisotopic (exact) mass is 318 g/mol. The van der Waals surface area contributed by atoms with E-state index < -0.39 is 28.4 Å². The predicted molar refractivity (Wildman–Crippen MR) is 82.9 cm³/mol. The van der Waals surface area contributed by atoms with Gasteiger partial charge in [-0.1, -0.05) is 19.3 Å². The SMILES string of the molecule is O=c1cc(C2CCCCC2)oc(-c2cc(O)c(O)cc2O)c1O. The number of rotatable bonds is 2. The number of phenolic OH excluding ortho intramolecular Hbond substituents is 3. The first-order valence-electron chi connectivity index (χ1n) is 7.59. The van der Waals surface area contributed by atoms with Crippen LogP contribution in [0.3, 0.4) is 0 Å². The molecule has 3 rings (SSSR count). The molecule has 0 saturated heterocycles. The van der Waals surface area contributed by atoms with Crippen LogP contribution in [0.5, 0.6) is 23.0 Å². The van der Waals surface area contributed by atoms with Crippen molar-refractivity contribution in [1.29, 1.82) is 0 Å². The Morgan fingerprint density at radius 1 is 0.870 bits per heavy atom. The highest BCUT2D eigenvalue weighted by molar-refractivity contribution is 5.73. The summed E-state index contributed by atoms with van der Waals surface area (Å²) in [6.07, 6.45) is 5.06. The van der Waals surface area contributed by atoms with E-state index in [1.54, 1.807) is 0 Å². The molecule has 0 bridgehead atoms. The van der Waals surface area contributed by atoms with E-state index in [0.29, 0.717) is 5.76 Å². The second kappa shape index (κ2) is 5.87. The highest BCUT2D eigenvalue weighted by atomic mass is 16.4. The fourth-order valence-electron chi connectivity index (χ4n) is 3.02. The summed E-state index contributed by atoms with van der Waals surface area (Å²) in [6.45, 7) is 0. The minimum atomic E-state index is -0.634. The lowest BCUT2D eigenvalue weighted by Gasteiger charge is -2.21. The minimum absolute atomic E-state index is 0.0486. The van der Waals surface area contributed by atoms with Gasteiger partial charge in [0.1, 0.15) is 11.5 Å². The van der Waals surface area contributed by atoms with Crippen molar-refractivity contribution >= 4 is 0 Å². The van der Waals surface area contributed by atoms with Crippen LogP contribution in [-0.2, 0) is 0 Å². The summed E-state index contributed by atoms with van der Waals surface area (Å²) in [5.74, 6) is -1.66. The van der Waals surface area contributed by atoms with Crippen molar-refractivity contribution in [3.05, 3.63) is 34.2 Å². The number of phenols is 3. The molecule has 0 radical (unpaired) electrons. The summed E-state index contributed by atoms with van der Waals surface area (Å²) in [7, 11) is 0. The molecule has 0 unspecified atom stereocenters. The molecular weight excluding hydrogens is 300 g/mol. The first-order valence-corrected chi connectivity index (χ1v) is 7.59. The molecule has 1 aliphatic carbocycles. The van der Waals surface area contributed by atoms with Gasteiger partial charge in [-0.15, -0.1) is 0 Å². The van der Waals surface area contributed by atoms with Gasteiger partial charge < -0.3 is 24.8 Å². The van der Waals surface area contributed by atoms with Crippen molar-refractivity contribution in [3.8, 4) is 34.3 Å². The molecule has 1 aromatic heterocycles. The third-order valence-corrected chi connectivity index (χ3v) is 4.29. The third kappa shape index (κ3) is 2.84. The zero-order chi connectivity index (χ0) is 16.6. The quantitative estimate of drug-likeness (QED) is 0.500. The average molecular weight is 318 g/mol. The Hall–Kier alpha value is -2.63. The topological polar surface area (TPSA) is 111 Å². The Bertz CT molecular complexity index is 786. The number of hydrogen-bond donors (Lipinski definition) is 4. The molecule has 1 aromatic carbocycles. The maximum absolute atomic E-state index is 12.0. The van der Waals surface area contributed by atoms with Crippen LogP contribution < -0.4 is 5.43 Å².